The number of amides is 2. The van der Waals surface area contributed by atoms with Gasteiger partial charge < -0.3 is 20.7 Å². The highest BCUT2D eigenvalue weighted by atomic mass is 79.9. The number of rotatable bonds is 6. The number of halogens is 1. The zero-order valence-corrected chi connectivity index (χ0v) is 15.8. The Kier molecular flexibility index (Phi) is 5.78. The molecule has 0 spiro atoms. The van der Waals surface area contributed by atoms with Crippen molar-refractivity contribution in [3.8, 4) is 5.75 Å². The van der Waals surface area contributed by atoms with E-state index in [-0.39, 0.29) is 12.5 Å². The highest BCUT2D eigenvalue weighted by Crippen LogP contribution is 2.30. The van der Waals surface area contributed by atoms with E-state index < -0.39 is 5.91 Å². The zero-order chi connectivity index (χ0) is 18.5. The Morgan fingerprint density at radius 2 is 1.81 bits per heavy atom. The van der Waals surface area contributed by atoms with Gasteiger partial charge in [0.1, 0.15) is 5.75 Å². The molecule has 2 aromatic rings. The van der Waals surface area contributed by atoms with E-state index in [0.29, 0.717) is 17.0 Å². The summed E-state index contributed by atoms with van der Waals surface area (Å²) in [5, 5.41) is 2.84. The van der Waals surface area contributed by atoms with Crippen LogP contribution in [0, 0.1) is 0 Å². The van der Waals surface area contributed by atoms with Gasteiger partial charge in [0.15, 0.2) is 6.61 Å². The van der Waals surface area contributed by atoms with E-state index in [4.69, 9.17) is 10.5 Å². The highest BCUT2D eigenvalue weighted by Gasteiger charge is 2.18. The first-order chi connectivity index (χ1) is 12.5. The van der Waals surface area contributed by atoms with Crippen LogP contribution in [0.1, 0.15) is 23.2 Å². The van der Waals surface area contributed by atoms with E-state index in [0.717, 1.165) is 36.1 Å². The molecule has 2 amide bonds. The van der Waals surface area contributed by atoms with Gasteiger partial charge in [-0.3, -0.25) is 9.59 Å². The summed E-state index contributed by atoms with van der Waals surface area (Å²) in [5.74, 6) is -0.219. The second kappa shape index (κ2) is 8.23. The van der Waals surface area contributed by atoms with Crippen molar-refractivity contribution in [2.24, 2.45) is 5.73 Å². The smallest absolute Gasteiger partial charge is 0.262 e. The van der Waals surface area contributed by atoms with Crippen molar-refractivity contribution in [1.29, 1.82) is 0 Å². The Morgan fingerprint density at radius 3 is 2.46 bits per heavy atom. The van der Waals surface area contributed by atoms with Crippen molar-refractivity contribution in [2.45, 2.75) is 12.8 Å². The molecule has 1 fully saturated rings. The van der Waals surface area contributed by atoms with Gasteiger partial charge in [0.25, 0.3) is 5.91 Å². The Bertz CT molecular complexity index is 802. The maximum Gasteiger partial charge on any atom is 0.262 e. The van der Waals surface area contributed by atoms with E-state index in [9.17, 15) is 9.59 Å². The van der Waals surface area contributed by atoms with Crippen molar-refractivity contribution in [3.63, 3.8) is 0 Å². The van der Waals surface area contributed by atoms with Gasteiger partial charge in [0, 0.05) is 23.1 Å². The summed E-state index contributed by atoms with van der Waals surface area (Å²) in [7, 11) is 0. The van der Waals surface area contributed by atoms with Crippen molar-refractivity contribution >= 4 is 39.1 Å². The molecule has 1 aliphatic heterocycles. The SMILES string of the molecule is NC(=O)c1ccc(N2CCCC2)c(NC(=O)COc2ccc(Br)cc2)c1. The van der Waals surface area contributed by atoms with Gasteiger partial charge in [-0.2, -0.15) is 0 Å². The number of carbonyl (C=O) groups is 2. The Labute approximate surface area is 160 Å². The van der Waals surface area contributed by atoms with Crippen LogP contribution in [0.5, 0.6) is 5.75 Å². The lowest BCUT2D eigenvalue weighted by Crippen LogP contribution is -2.24. The number of benzene rings is 2. The Morgan fingerprint density at radius 1 is 1.12 bits per heavy atom. The Hall–Kier alpha value is -2.54. The normalized spacial score (nSPS) is 13.5. The van der Waals surface area contributed by atoms with Gasteiger partial charge in [-0.1, -0.05) is 15.9 Å². The van der Waals surface area contributed by atoms with Crippen LogP contribution in [0.25, 0.3) is 0 Å². The molecule has 1 aliphatic rings. The second-order valence-electron chi connectivity index (χ2n) is 6.08. The minimum atomic E-state index is -0.528. The molecule has 1 saturated heterocycles. The first-order valence-electron chi connectivity index (χ1n) is 8.40. The summed E-state index contributed by atoms with van der Waals surface area (Å²) in [5.41, 5.74) is 7.20. The number of primary amides is 1. The van der Waals surface area contributed by atoms with Crippen LogP contribution < -0.4 is 20.7 Å². The molecular weight excluding hydrogens is 398 g/mol. The molecule has 0 radical (unpaired) electrons. The molecule has 0 aliphatic carbocycles. The topological polar surface area (TPSA) is 84.7 Å². The average molecular weight is 418 g/mol. The summed E-state index contributed by atoms with van der Waals surface area (Å²) in [4.78, 5) is 26.0. The summed E-state index contributed by atoms with van der Waals surface area (Å²) in [6, 6.07) is 12.4. The van der Waals surface area contributed by atoms with Gasteiger partial charge in [-0.15, -0.1) is 0 Å². The average Bonchev–Trinajstić information content (AvgIpc) is 3.15. The van der Waals surface area contributed by atoms with Crippen LogP contribution >= 0.6 is 15.9 Å². The summed E-state index contributed by atoms with van der Waals surface area (Å²) >= 11 is 3.35. The molecule has 136 valence electrons. The standard InChI is InChI=1S/C19H20BrN3O3/c20-14-4-6-15(7-5-14)26-12-18(24)22-16-11-13(19(21)25)3-8-17(16)23-9-1-2-10-23/h3-8,11H,1-2,9-10,12H2,(H2,21,25)(H,22,24). The quantitative estimate of drug-likeness (QED) is 0.755. The number of nitrogens with one attached hydrogen (secondary N) is 1. The van der Waals surface area contributed by atoms with E-state index in [1.54, 1.807) is 24.3 Å². The van der Waals surface area contributed by atoms with Crippen LogP contribution in [0.3, 0.4) is 0 Å². The van der Waals surface area contributed by atoms with E-state index in [1.807, 2.05) is 18.2 Å². The summed E-state index contributed by atoms with van der Waals surface area (Å²) in [6.07, 6.45) is 2.22. The number of hydrogen-bond donors (Lipinski definition) is 2. The fraction of sp³-hybridized carbons (Fsp3) is 0.263. The first-order valence-corrected chi connectivity index (χ1v) is 9.19. The molecule has 3 N–H and O–H groups in total. The number of anilines is 2. The largest absolute Gasteiger partial charge is 0.484 e. The molecule has 26 heavy (non-hydrogen) atoms. The van der Waals surface area contributed by atoms with Crippen LogP contribution in [0.4, 0.5) is 11.4 Å². The number of ether oxygens (including phenoxy) is 1. The molecule has 0 bridgehead atoms. The second-order valence-corrected chi connectivity index (χ2v) is 7.00. The van der Waals surface area contributed by atoms with Crippen molar-refractivity contribution in [3.05, 3.63) is 52.5 Å². The lowest BCUT2D eigenvalue weighted by Gasteiger charge is -2.22. The highest BCUT2D eigenvalue weighted by molar-refractivity contribution is 9.10. The monoisotopic (exact) mass is 417 g/mol. The third-order valence-corrected chi connectivity index (χ3v) is 4.71. The Balaban J connectivity index is 1.71. The molecule has 0 unspecified atom stereocenters. The predicted molar refractivity (Wildman–Crippen MR) is 105 cm³/mol. The first kappa shape index (κ1) is 18.3. The third kappa shape index (κ3) is 4.54. The molecule has 6 nitrogen and oxygen atoms in total. The van der Waals surface area contributed by atoms with Crippen molar-refractivity contribution in [2.75, 3.05) is 29.9 Å². The molecular formula is C19H20BrN3O3. The predicted octanol–water partition coefficient (Wildman–Crippen LogP) is 3.17. The van der Waals surface area contributed by atoms with Gasteiger partial charge in [-0.25, -0.2) is 0 Å². The van der Waals surface area contributed by atoms with E-state index >= 15 is 0 Å². The lowest BCUT2D eigenvalue weighted by atomic mass is 10.1. The van der Waals surface area contributed by atoms with Gasteiger partial charge in [-0.05, 0) is 55.3 Å². The minimum Gasteiger partial charge on any atom is -0.484 e. The minimum absolute atomic E-state index is 0.123. The molecule has 0 aromatic heterocycles. The number of hydrogen-bond acceptors (Lipinski definition) is 4. The molecule has 3 rings (SSSR count). The van der Waals surface area contributed by atoms with Crippen molar-refractivity contribution < 1.29 is 14.3 Å². The van der Waals surface area contributed by atoms with E-state index in [1.165, 1.54) is 0 Å². The fourth-order valence-electron chi connectivity index (χ4n) is 2.89. The number of nitrogens with two attached hydrogens (primary N) is 1. The fourth-order valence-corrected chi connectivity index (χ4v) is 3.15. The van der Waals surface area contributed by atoms with Gasteiger partial charge >= 0.3 is 0 Å². The molecule has 0 saturated carbocycles. The van der Waals surface area contributed by atoms with E-state index in [2.05, 4.69) is 26.1 Å². The van der Waals surface area contributed by atoms with Crippen LogP contribution in [-0.2, 0) is 4.79 Å². The van der Waals surface area contributed by atoms with Gasteiger partial charge in [0.05, 0.1) is 11.4 Å². The summed E-state index contributed by atoms with van der Waals surface area (Å²) < 4.78 is 6.44. The molecule has 1 heterocycles. The van der Waals surface area contributed by atoms with Gasteiger partial charge in [0.2, 0.25) is 5.91 Å². The number of carbonyl (C=O) groups excluding carboxylic acids is 2. The molecule has 2 aromatic carbocycles. The van der Waals surface area contributed by atoms with Crippen LogP contribution in [0.15, 0.2) is 46.9 Å². The summed E-state index contributed by atoms with van der Waals surface area (Å²) in [6.45, 7) is 1.73. The van der Waals surface area contributed by atoms with Crippen molar-refractivity contribution in [1.82, 2.24) is 0 Å². The third-order valence-electron chi connectivity index (χ3n) is 4.19. The lowest BCUT2D eigenvalue weighted by molar-refractivity contribution is -0.118. The van der Waals surface area contributed by atoms with Crippen LogP contribution in [0.2, 0.25) is 0 Å². The van der Waals surface area contributed by atoms with Crippen LogP contribution in [-0.4, -0.2) is 31.5 Å². The zero-order valence-electron chi connectivity index (χ0n) is 14.2. The maximum absolute atomic E-state index is 12.3. The number of nitrogens with zero attached hydrogens (tertiary/aromatic N) is 1. The molecule has 7 heteroatoms. The maximum atomic E-state index is 12.3. The molecule has 0 atom stereocenters.